The van der Waals surface area contributed by atoms with Gasteiger partial charge in [-0.1, -0.05) is 29.3 Å². The lowest BCUT2D eigenvalue weighted by molar-refractivity contribution is 0.484. The van der Waals surface area contributed by atoms with Crippen LogP contribution in [0.1, 0.15) is 11.1 Å². The molecule has 4 heteroatoms. The number of nitrogens with two attached hydrogens (primary N) is 1. The van der Waals surface area contributed by atoms with Crippen LogP contribution in [0.25, 0.3) is 0 Å². The second kappa shape index (κ2) is 5.09. The van der Waals surface area contributed by atoms with Crippen molar-refractivity contribution in [3.05, 3.63) is 51.5 Å². The first-order valence-corrected chi connectivity index (χ1v) is 6.23. The Morgan fingerprint density at radius 2 is 1.67 bits per heavy atom. The van der Waals surface area contributed by atoms with E-state index in [1.54, 1.807) is 18.2 Å². The number of para-hydroxylation sites is 1. The number of halogens is 2. The van der Waals surface area contributed by atoms with Crippen molar-refractivity contribution in [2.24, 2.45) is 0 Å². The molecule has 2 nitrogen and oxygen atoms in total. The minimum atomic E-state index is 0.472. The summed E-state index contributed by atoms with van der Waals surface area (Å²) in [7, 11) is 0. The van der Waals surface area contributed by atoms with Crippen molar-refractivity contribution in [3.63, 3.8) is 0 Å². The molecule has 0 heterocycles. The van der Waals surface area contributed by atoms with Crippen molar-refractivity contribution in [3.8, 4) is 11.5 Å². The van der Waals surface area contributed by atoms with Crippen LogP contribution in [0.3, 0.4) is 0 Å². The first kappa shape index (κ1) is 13.1. The minimum Gasteiger partial charge on any atom is -0.454 e. The van der Waals surface area contributed by atoms with Gasteiger partial charge >= 0.3 is 0 Å². The molecule has 0 aromatic heterocycles. The van der Waals surface area contributed by atoms with E-state index in [-0.39, 0.29) is 0 Å². The summed E-state index contributed by atoms with van der Waals surface area (Å²) >= 11 is 12.2. The van der Waals surface area contributed by atoms with Crippen LogP contribution in [0.4, 0.5) is 5.69 Å². The second-order valence-corrected chi connectivity index (χ2v) is 4.92. The topological polar surface area (TPSA) is 35.2 Å². The summed E-state index contributed by atoms with van der Waals surface area (Å²) in [5.74, 6) is 1.15. The molecule has 0 radical (unpaired) electrons. The van der Waals surface area contributed by atoms with Crippen LogP contribution in [0.2, 0.25) is 10.0 Å². The average molecular weight is 282 g/mol. The number of nitrogen functional groups attached to an aromatic ring is 1. The van der Waals surface area contributed by atoms with Crippen LogP contribution in [0.15, 0.2) is 30.3 Å². The lowest BCUT2D eigenvalue weighted by Crippen LogP contribution is -1.94. The van der Waals surface area contributed by atoms with E-state index in [1.165, 1.54) is 0 Å². The van der Waals surface area contributed by atoms with Crippen molar-refractivity contribution >= 4 is 28.9 Å². The third kappa shape index (κ3) is 2.55. The van der Waals surface area contributed by atoms with Gasteiger partial charge < -0.3 is 10.5 Å². The average Bonchev–Trinajstić information content (AvgIpc) is 2.31. The first-order valence-electron chi connectivity index (χ1n) is 5.47. The van der Waals surface area contributed by atoms with Gasteiger partial charge in [0, 0.05) is 5.02 Å². The molecule has 2 aromatic carbocycles. The van der Waals surface area contributed by atoms with Crippen LogP contribution < -0.4 is 10.5 Å². The molecule has 0 aliphatic carbocycles. The van der Waals surface area contributed by atoms with Crippen molar-refractivity contribution < 1.29 is 4.74 Å². The van der Waals surface area contributed by atoms with E-state index in [4.69, 9.17) is 33.7 Å². The van der Waals surface area contributed by atoms with Crippen LogP contribution in [0, 0.1) is 13.8 Å². The zero-order valence-electron chi connectivity index (χ0n) is 10.1. The summed E-state index contributed by atoms with van der Waals surface area (Å²) in [6, 6.07) is 8.98. The van der Waals surface area contributed by atoms with Crippen LogP contribution in [-0.4, -0.2) is 0 Å². The molecule has 94 valence electrons. The van der Waals surface area contributed by atoms with Crippen molar-refractivity contribution in [2.75, 3.05) is 5.73 Å². The number of ether oxygens (including phenoxy) is 1. The smallest absolute Gasteiger partial charge is 0.168 e. The Bertz CT molecular complexity index is 553. The second-order valence-electron chi connectivity index (χ2n) is 4.13. The minimum absolute atomic E-state index is 0.472. The summed E-state index contributed by atoms with van der Waals surface area (Å²) in [5, 5.41) is 1.23. The highest BCUT2D eigenvalue weighted by atomic mass is 35.5. The fraction of sp³-hybridized carbons (Fsp3) is 0.143. The van der Waals surface area contributed by atoms with Crippen LogP contribution in [-0.2, 0) is 0 Å². The fourth-order valence-corrected chi connectivity index (χ4v) is 2.05. The molecule has 2 aromatic rings. The number of aryl methyl sites for hydroxylation is 2. The Morgan fingerprint density at radius 1 is 1.06 bits per heavy atom. The normalized spacial score (nSPS) is 10.4. The van der Waals surface area contributed by atoms with Gasteiger partial charge in [-0.05, 0) is 49.2 Å². The number of benzene rings is 2. The van der Waals surface area contributed by atoms with E-state index in [0.29, 0.717) is 22.2 Å². The van der Waals surface area contributed by atoms with Crippen molar-refractivity contribution in [1.82, 2.24) is 0 Å². The Morgan fingerprint density at radius 3 is 2.22 bits per heavy atom. The fourth-order valence-electron chi connectivity index (χ4n) is 1.72. The lowest BCUT2D eigenvalue weighted by Gasteiger charge is -2.12. The number of hydrogen-bond acceptors (Lipinski definition) is 2. The van der Waals surface area contributed by atoms with Gasteiger partial charge in [0.1, 0.15) is 5.75 Å². The van der Waals surface area contributed by atoms with Gasteiger partial charge in [0.2, 0.25) is 0 Å². The van der Waals surface area contributed by atoms with Gasteiger partial charge in [-0.3, -0.25) is 0 Å². The quantitative estimate of drug-likeness (QED) is 0.788. The van der Waals surface area contributed by atoms with E-state index in [9.17, 15) is 0 Å². The largest absolute Gasteiger partial charge is 0.454 e. The highest BCUT2D eigenvalue weighted by Gasteiger charge is 2.09. The van der Waals surface area contributed by atoms with Gasteiger partial charge in [-0.2, -0.15) is 0 Å². The van der Waals surface area contributed by atoms with Gasteiger partial charge in [0.05, 0.1) is 10.7 Å². The molecule has 0 aliphatic rings. The standard InChI is InChI=1S/C14H13Cl2NO/c1-8-6-10(7-9(2)13(8)16)18-14-11(15)4-3-5-12(14)17/h3-7H,17H2,1-2H3. The monoisotopic (exact) mass is 281 g/mol. The summed E-state index contributed by atoms with van der Waals surface area (Å²) in [5.41, 5.74) is 8.26. The van der Waals surface area contributed by atoms with E-state index in [0.717, 1.165) is 16.1 Å². The number of anilines is 1. The van der Waals surface area contributed by atoms with E-state index in [2.05, 4.69) is 0 Å². The van der Waals surface area contributed by atoms with Crippen molar-refractivity contribution in [1.29, 1.82) is 0 Å². The highest BCUT2D eigenvalue weighted by Crippen LogP contribution is 2.36. The summed E-state index contributed by atoms with van der Waals surface area (Å²) in [6.45, 7) is 3.86. The first-order chi connectivity index (χ1) is 8.49. The molecular weight excluding hydrogens is 269 g/mol. The molecule has 0 saturated carbocycles. The maximum Gasteiger partial charge on any atom is 0.168 e. The van der Waals surface area contributed by atoms with Crippen LogP contribution in [0.5, 0.6) is 11.5 Å². The van der Waals surface area contributed by atoms with E-state index < -0.39 is 0 Å². The SMILES string of the molecule is Cc1cc(Oc2c(N)cccc2Cl)cc(C)c1Cl. The molecule has 18 heavy (non-hydrogen) atoms. The maximum atomic E-state index is 6.11. The van der Waals surface area contributed by atoms with Gasteiger partial charge in [0.25, 0.3) is 0 Å². The zero-order chi connectivity index (χ0) is 13.3. The van der Waals surface area contributed by atoms with Gasteiger partial charge in [0.15, 0.2) is 5.75 Å². The predicted octanol–water partition coefficient (Wildman–Crippen LogP) is 4.98. The Kier molecular flexibility index (Phi) is 3.69. The molecule has 0 fully saturated rings. The summed E-state index contributed by atoms with van der Waals surface area (Å²) in [6.07, 6.45) is 0. The number of hydrogen-bond donors (Lipinski definition) is 1. The lowest BCUT2D eigenvalue weighted by atomic mass is 10.1. The molecule has 2 rings (SSSR count). The Balaban J connectivity index is 2.41. The number of rotatable bonds is 2. The van der Waals surface area contributed by atoms with E-state index >= 15 is 0 Å². The molecule has 2 N–H and O–H groups in total. The predicted molar refractivity (Wildman–Crippen MR) is 76.9 cm³/mol. The zero-order valence-corrected chi connectivity index (χ0v) is 11.6. The van der Waals surface area contributed by atoms with Gasteiger partial charge in [-0.25, -0.2) is 0 Å². The molecule has 0 bridgehead atoms. The summed E-state index contributed by atoms with van der Waals surface area (Å²) < 4.78 is 5.74. The van der Waals surface area contributed by atoms with Crippen molar-refractivity contribution in [2.45, 2.75) is 13.8 Å². The molecule has 0 atom stereocenters. The van der Waals surface area contributed by atoms with Gasteiger partial charge in [-0.15, -0.1) is 0 Å². The Labute approximate surface area is 116 Å². The third-order valence-corrected chi connectivity index (χ3v) is 3.52. The van der Waals surface area contributed by atoms with Crippen LogP contribution >= 0.6 is 23.2 Å². The Hall–Kier alpha value is -1.38. The molecule has 0 unspecified atom stereocenters. The molecule has 0 saturated heterocycles. The van der Waals surface area contributed by atoms with E-state index in [1.807, 2.05) is 26.0 Å². The molecular formula is C14H13Cl2NO. The molecule has 0 spiro atoms. The third-order valence-electron chi connectivity index (χ3n) is 2.63. The summed E-state index contributed by atoms with van der Waals surface area (Å²) in [4.78, 5) is 0. The molecule has 0 aliphatic heterocycles. The maximum absolute atomic E-state index is 6.11. The highest BCUT2D eigenvalue weighted by molar-refractivity contribution is 6.32. The molecule has 0 amide bonds.